The zero-order chi connectivity index (χ0) is 11.3. The van der Waals surface area contributed by atoms with Crippen LogP contribution in [0.2, 0.25) is 0 Å². The molecule has 0 aliphatic carbocycles. The smallest absolute Gasteiger partial charge is 0.162 e. The highest BCUT2D eigenvalue weighted by Gasteiger charge is 2.08. The molecule has 1 aromatic rings. The van der Waals surface area contributed by atoms with Gasteiger partial charge in [-0.3, -0.25) is 4.79 Å². The van der Waals surface area contributed by atoms with Gasteiger partial charge in [-0.1, -0.05) is 13.3 Å². The van der Waals surface area contributed by atoms with Gasteiger partial charge in [-0.15, -0.1) is 0 Å². The van der Waals surface area contributed by atoms with Crippen LogP contribution in [0.1, 0.15) is 42.1 Å². The first-order valence-electron chi connectivity index (χ1n) is 4.92. The Hall–Kier alpha value is -1.69. The molecule has 1 aromatic carbocycles. The molecule has 0 aliphatic rings. The molecule has 0 amide bonds. The van der Waals surface area contributed by atoms with Crippen molar-refractivity contribution in [1.82, 2.24) is 0 Å². The van der Waals surface area contributed by atoms with E-state index in [-0.39, 0.29) is 11.3 Å². The van der Waals surface area contributed by atoms with E-state index in [1.165, 1.54) is 12.1 Å². The van der Waals surface area contributed by atoms with E-state index in [0.29, 0.717) is 12.0 Å². The Kier molecular flexibility index (Phi) is 3.99. The molecule has 15 heavy (non-hydrogen) atoms. The lowest BCUT2D eigenvalue weighted by Gasteiger charge is -2.00. The lowest BCUT2D eigenvalue weighted by molar-refractivity contribution is 0.0979. The number of halogens is 1. The third kappa shape index (κ3) is 2.88. The fourth-order valence-corrected chi connectivity index (χ4v) is 1.27. The summed E-state index contributed by atoms with van der Waals surface area (Å²) in [7, 11) is 0. The quantitative estimate of drug-likeness (QED) is 0.709. The van der Waals surface area contributed by atoms with Crippen molar-refractivity contribution < 1.29 is 9.18 Å². The van der Waals surface area contributed by atoms with E-state index in [2.05, 4.69) is 0 Å². The zero-order valence-electron chi connectivity index (χ0n) is 8.59. The maximum Gasteiger partial charge on any atom is 0.162 e. The minimum absolute atomic E-state index is 0.0339. The van der Waals surface area contributed by atoms with Crippen LogP contribution in [0.5, 0.6) is 0 Å². The number of hydrogen-bond donors (Lipinski definition) is 0. The summed E-state index contributed by atoms with van der Waals surface area (Å²) in [5, 5.41) is 8.60. The SMILES string of the molecule is CCCCC(=O)c1ccc(F)c(C#N)c1. The predicted octanol–water partition coefficient (Wildman–Crippen LogP) is 3.07. The molecule has 0 atom stereocenters. The van der Waals surface area contributed by atoms with E-state index >= 15 is 0 Å². The van der Waals surface area contributed by atoms with Crippen molar-refractivity contribution in [3.05, 3.63) is 35.1 Å². The normalized spacial score (nSPS) is 9.67. The van der Waals surface area contributed by atoms with Crippen LogP contribution in [-0.2, 0) is 0 Å². The predicted molar refractivity (Wildman–Crippen MR) is 55.0 cm³/mol. The second kappa shape index (κ2) is 5.26. The molecular weight excluding hydrogens is 193 g/mol. The van der Waals surface area contributed by atoms with Gasteiger partial charge < -0.3 is 0 Å². The third-order valence-electron chi connectivity index (χ3n) is 2.17. The van der Waals surface area contributed by atoms with E-state index in [1.54, 1.807) is 6.07 Å². The molecule has 0 saturated heterocycles. The number of carbonyl (C=O) groups is 1. The van der Waals surface area contributed by atoms with E-state index < -0.39 is 5.82 Å². The van der Waals surface area contributed by atoms with Crippen LogP contribution >= 0.6 is 0 Å². The number of rotatable bonds is 4. The van der Waals surface area contributed by atoms with Gasteiger partial charge in [0.15, 0.2) is 5.78 Å². The summed E-state index contributed by atoms with van der Waals surface area (Å²) in [6.07, 6.45) is 2.21. The Morgan fingerprint density at radius 2 is 2.27 bits per heavy atom. The Balaban J connectivity index is 2.87. The number of nitrogens with zero attached hydrogens (tertiary/aromatic N) is 1. The van der Waals surface area contributed by atoms with E-state index in [1.807, 2.05) is 6.92 Å². The van der Waals surface area contributed by atoms with Crippen LogP contribution in [0.15, 0.2) is 18.2 Å². The Morgan fingerprint density at radius 1 is 1.53 bits per heavy atom. The summed E-state index contributed by atoms with van der Waals surface area (Å²) in [6, 6.07) is 5.62. The number of carbonyl (C=O) groups excluding carboxylic acids is 1. The van der Waals surface area contributed by atoms with E-state index in [9.17, 15) is 9.18 Å². The average molecular weight is 205 g/mol. The van der Waals surface area contributed by atoms with E-state index in [0.717, 1.165) is 18.9 Å². The van der Waals surface area contributed by atoms with Crippen LogP contribution < -0.4 is 0 Å². The summed E-state index contributed by atoms with van der Waals surface area (Å²) >= 11 is 0. The molecule has 0 unspecified atom stereocenters. The molecular formula is C12H12FNO. The molecule has 78 valence electrons. The van der Waals surface area contributed by atoms with Crippen molar-refractivity contribution in [1.29, 1.82) is 5.26 Å². The van der Waals surface area contributed by atoms with Crippen LogP contribution in [-0.4, -0.2) is 5.78 Å². The fourth-order valence-electron chi connectivity index (χ4n) is 1.27. The summed E-state index contributed by atoms with van der Waals surface area (Å²) in [6.45, 7) is 2.00. The Morgan fingerprint density at radius 3 is 2.87 bits per heavy atom. The van der Waals surface area contributed by atoms with Crippen molar-refractivity contribution >= 4 is 5.78 Å². The topological polar surface area (TPSA) is 40.9 Å². The molecule has 0 saturated carbocycles. The van der Waals surface area contributed by atoms with Crippen molar-refractivity contribution in [2.24, 2.45) is 0 Å². The summed E-state index contributed by atoms with van der Waals surface area (Å²) in [5.41, 5.74) is 0.346. The van der Waals surface area contributed by atoms with Crippen LogP contribution in [0, 0.1) is 17.1 Å². The minimum atomic E-state index is -0.579. The lowest BCUT2D eigenvalue weighted by atomic mass is 10.0. The highest BCUT2D eigenvalue weighted by atomic mass is 19.1. The van der Waals surface area contributed by atoms with Gasteiger partial charge in [0.25, 0.3) is 0 Å². The van der Waals surface area contributed by atoms with Crippen molar-refractivity contribution in [2.75, 3.05) is 0 Å². The van der Waals surface area contributed by atoms with Gasteiger partial charge in [0, 0.05) is 12.0 Å². The first-order chi connectivity index (χ1) is 7.19. The number of hydrogen-bond acceptors (Lipinski definition) is 2. The molecule has 1 rings (SSSR count). The summed E-state index contributed by atoms with van der Waals surface area (Å²) < 4.78 is 13.0. The molecule has 0 heterocycles. The van der Waals surface area contributed by atoms with Gasteiger partial charge in [-0.05, 0) is 24.6 Å². The molecule has 0 fully saturated rings. The second-order valence-corrected chi connectivity index (χ2v) is 3.33. The Bertz CT molecular complexity index is 407. The molecule has 0 bridgehead atoms. The molecule has 0 aliphatic heterocycles. The van der Waals surface area contributed by atoms with Gasteiger partial charge in [-0.2, -0.15) is 5.26 Å². The van der Waals surface area contributed by atoms with Gasteiger partial charge in [0.1, 0.15) is 11.9 Å². The number of Topliss-reactive ketones (excluding diaryl/α,β-unsaturated/α-hetero) is 1. The largest absolute Gasteiger partial charge is 0.294 e. The van der Waals surface area contributed by atoms with Crippen molar-refractivity contribution in [3.63, 3.8) is 0 Å². The fraction of sp³-hybridized carbons (Fsp3) is 0.333. The maximum atomic E-state index is 13.0. The van der Waals surface area contributed by atoms with Crippen molar-refractivity contribution in [3.8, 4) is 6.07 Å². The molecule has 0 radical (unpaired) electrons. The Labute approximate surface area is 88.3 Å². The lowest BCUT2D eigenvalue weighted by Crippen LogP contribution is -2.00. The molecule has 0 spiro atoms. The number of benzene rings is 1. The molecule has 0 N–H and O–H groups in total. The zero-order valence-corrected chi connectivity index (χ0v) is 8.59. The minimum Gasteiger partial charge on any atom is -0.294 e. The summed E-state index contributed by atoms with van der Waals surface area (Å²) in [4.78, 5) is 11.6. The highest BCUT2D eigenvalue weighted by Crippen LogP contribution is 2.12. The van der Waals surface area contributed by atoms with Crippen LogP contribution in [0.3, 0.4) is 0 Å². The van der Waals surface area contributed by atoms with Gasteiger partial charge in [0.05, 0.1) is 5.56 Å². The number of ketones is 1. The molecule has 3 heteroatoms. The third-order valence-corrected chi connectivity index (χ3v) is 2.17. The number of nitriles is 1. The average Bonchev–Trinajstić information content (AvgIpc) is 2.26. The van der Waals surface area contributed by atoms with Gasteiger partial charge in [0.2, 0.25) is 0 Å². The van der Waals surface area contributed by atoms with Crippen LogP contribution in [0.4, 0.5) is 4.39 Å². The van der Waals surface area contributed by atoms with Crippen molar-refractivity contribution in [2.45, 2.75) is 26.2 Å². The molecule has 2 nitrogen and oxygen atoms in total. The number of unbranched alkanes of at least 4 members (excludes halogenated alkanes) is 1. The maximum absolute atomic E-state index is 13.0. The van der Waals surface area contributed by atoms with Gasteiger partial charge >= 0.3 is 0 Å². The van der Waals surface area contributed by atoms with E-state index in [4.69, 9.17) is 5.26 Å². The first kappa shape index (κ1) is 11.4. The van der Waals surface area contributed by atoms with Gasteiger partial charge in [-0.25, -0.2) is 4.39 Å². The highest BCUT2D eigenvalue weighted by molar-refractivity contribution is 5.96. The first-order valence-corrected chi connectivity index (χ1v) is 4.92. The standard InChI is InChI=1S/C12H12FNO/c1-2-3-4-12(15)9-5-6-11(13)10(7-9)8-14/h5-7H,2-4H2,1H3. The van der Waals surface area contributed by atoms with Crippen LogP contribution in [0.25, 0.3) is 0 Å². The second-order valence-electron chi connectivity index (χ2n) is 3.33. The monoisotopic (exact) mass is 205 g/mol. The molecule has 0 aromatic heterocycles. The summed E-state index contributed by atoms with van der Waals surface area (Å²) in [5.74, 6) is -0.613.